The van der Waals surface area contributed by atoms with Crippen molar-refractivity contribution < 1.29 is 0 Å². The number of pyridine rings is 1. The number of nitrogens with two attached hydrogens (primary N) is 1. The number of hydrogen-bond donors (Lipinski definition) is 2. The van der Waals surface area contributed by atoms with Gasteiger partial charge in [-0.1, -0.05) is 12.2 Å². The Hall–Kier alpha value is -0.980. The van der Waals surface area contributed by atoms with Crippen molar-refractivity contribution in [1.29, 1.82) is 0 Å². The minimum Gasteiger partial charge on any atom is -0.389 e. The summed E-state index contributed by atoms with van der Waals surface area (Å²) in [4.78, 5) is 5.85. The van der Waals surface area contributed by atoms with Gasteiger partial charge in [0, 0.05) is 21.1 Å². The van der Waals surface area contributed by atoms with Gasteiger partial charge in [0.15, 0.2) is 0 Å². The molecule has 0 saturated carbocycles. The number of rotatable bonds is 4. The standard InChI is InChI=1S/C11H10BrN3S2/c12-8-3-4-17-9(8)6-15-10-2-1-7(5-14-10)11(13)16/h1-5H,6H2,(H2,13,16)(H,14,15). The molecule has 0 aliphatic rings. The molecule has 2 heterocycles. The van der Waals surface area contributed by atoms with E-state index in [9.17, 15) is 0 Å². The number of anilines is 1. The van der Waals surface area contributed by atoms with Gasteiger partial charge >= 0.3 is 0 Å². The molecule has 0 aliphatic heterocycles. The number of nitrogens with zero attached hydrogens (tertiary/aromatic N) is 1. The lowest BCUT2D eigenvalue weighted by atomic mass is 10.3. The molecule has 2 aromatic heterocycles. The zero-order chi connectivity index (χ0) is 12.3. The fourth-order valence-electron chi connectivity index (χ4n) is 1.27. The van der Waals surface area contributed by atoms with E-state index < -0.39 is 0 Å². The first-order valence-corrected chi connectivity index (χ1v) is 6.96. The third-order valence-electron chi connectivity index (χ3n) is 2.17. The Morgan fingerprint density at radius 3 is 2.82 bits per heavy atom. The van der Waals surface area contributed by atoms with Crippen LogP contribution in [0.5, 0.6) is 0 Å². The maximum Gasteiger partial charge on any atom is 0.126 e. The second-order valence-corrected chi connectivity index (χ2v) is 5.64. The SMILES string of the molecule is NC(=S)c1ccc(NCc2sccc2Br)nc1. The van der Waals surface area contributed by atoms with Crippen molar-refractivity contribution in [1.82, 2.24) is 4.98 Å². The summed E-state index contributed by atoms with van der Waals surface area (Å²) in [5, 5.41) is 5.29. The first-order valence-electron chi connectivity index (χ1n) is 4.88. The van der Waals surface area contributed by atoms with E-state index in [4.69, 9.17) is 18.0 Å². The van der Waals surface area contributed by atoms with E-state index >= 15 is 0 Å². The van der Waals surface area contributed by atoms with Crippen molar-refractivity contribution in [2.24, 2.45) is 5.73 Å². The van der Waals surface area contributed by atoms with Crippen molar-refractivity contribution in [2.75, 3.05) is 5.32 Å². The molecule has 2 aromatic rings. The topological polar surface area (TPSA) is 50.9 Å². The second kappa shape index (κ2) is 5.57. The predicted molar refractivity (Wildman–Crippen MR) is 79.5 cm³/mol. The third-order valence-corrected chi connectivity index (χ3v) is 4.33. The van der Waals surface area contributed by atoms with Crippen molar-refractivity contribution >= 4 is 50.3 Å². The van der Waals surface area contributed by atoms with E-state index in [0.717, 1.165) is 22.4 Å². The highest BCUT2D eigenvalue weighted by molar-refractivity contribution is 9.10. The van der Waals surface area contributed by atoms with Gasteiger partial charge < -0.3 is 11.1 Å². The number of nitrogens with one attached hydrogen (secondary N) is 1. The molecule has 0 atom stereocenters. The van der Waals surface area contributed by atoms with Gasteiger partial charge in [-0.05, 0) is 39.5 Å². The molecule has 0 fully saturated rings. The zero-order valence-corrected chi connectivity index (χ0v) is 12.0. The molecular formula is C11H10BrN3S2. The lowest BCUT2D eigenvalue weighted by Crippen LogP contribution is -2.10. The highest BCUT2D eigenvalue weighted by atomic mass is 79.9. The second-order valence-electron chi connectivity index (χ2n) is 3.34. The smallest absolute Gasteiger partial charge is 0.126 e. The van der Waals surface area contributed by atoms with Crippen LogP contribution in [0.3, 0.4) is 0 Å². The van der Waals surface area contributed by atoms with Gasteiger partial charge in [0.05, 0.1) is 6.54 Å². The first kappa shape index (κ1) is 12.5. The molecule has 6 heteroatoms. The van der Waals surface area contributed by atoms with E-state index in [1.165, 1.54) is 4.88 Å². The first-order chi connectivity index (χ1) is 8.16. The Balaban J connectivity index is 2.00. The van der Waals surface area contributed by atoms with Gasteiger partial charge in [-0.2, -0.15) is 0 Å². The highest BCUT2D eigenvalue weighted by Crippen LogP contribution is 2.23. The fraction of sp³-hybridized carbons (Fsp3) is 0.0909. The number of hydrogen-bond acceptors (Lipinski definition) is 4. The van der Waals surface area contributed by atoms with Crippen LogP contribution >= 0.6 is 39.5 Å². The van der Waals surface area contributed by atoms with E-state index in [2.05, 4.69) is 26.2 Å². The lowest BCUT2D eigenvalue weighted by molar-refractivity contribution is 1.13. The molecular weight excluding hydrogens is 318 g/mol. The van der Waals surface area contributed by atoms with E-state index in [1.54, 1.807) is 17.5 Å². The number of halogens is 1. The quantitative estimate of drug-likeness (QED) is 0.847. The Morgan fingerprint density at radius 2 is 2.29 bits per heavy atom. The van der Waals surface area contributed by atoms with Gasteiger partial charge in [0.25, 0.3) is 0 Å². The Kier molecular flexibility index (Phi) is 4.09. The molecule has 0 bridgehead atoms. The van der Waals surface area contributed by atoms with Gasteiger partial charge in [0.1, 0.15) is 10.8 Å². The molecule has 3 N–H and O–H groups in total. The summed E-state index contributed by atoms with van der Waals surface area (Å²) >= 11 is 10.1. The van der Waals surface area contributed by atoms with Crippen LogP contribution < -0.4 is 11.1 Å². The molecule has 2 rings (SSSR count). The summed E-state index contributed by atoms with van der Waals surface area (Å²) in [6, 6.07) is 5.77. The molecule has 0 spiro atoms. The minimum atomic E-state index is 0.366. The molecule has 0 saturated heterocycles. The van der Waals surface area contributed by atoms with Gasteiger partial charge in [0.2, 0.25) is 0 Å². The molecule has 3 nitrogen and oxygen atoms in total. The van der Waals surface area contributed by atoms with Crippen LogP contribution in [-0.2, 0) is 6.54 Å². The lowest BCUT2D eigenvalue weighted by Gasteiger charge is -2.05. The Morgan fingerprint density at radius 1 is 1.47 bits per heavy atom. The third kappa shape index (κ3) is 3.24. The van der Waals surface area contributed by atoms with Crippen LogP contribution in [0.15, 0.2) is 34.2 Å². The molecule has 88 valence electrons. The number of aromatic nitrogens is 1. The Labute approximate surface area is 117 Å². The summed E-state index contributed by atoms with van der Waals surface area (Å²) < 4.78 is 1.12. The average Bonchev–Trinajstić information content (AvgIpc) is 2.73. The molecule has 0 radical (unpaired) electrons. The Bertz CT molecular complexity index is 522. The van der Waals surface area contributed by atoms with E-state index in [0.29, 0.717) is 4.99 Å². The van der Waals surface area contributed by atoms with E-state index in [-0.39, 0.29) is 0 Å². The molecule has 0 aromatic carbocycles. The van der Waals surface area contributed by atoms with Crippen LogP contribution in [0.25, 0.3) is 0 Å². The molecule has 0 unspecified atom stereocenters. The van der Waals surface area contributed by atoms with Crippen LogP contribution in [0.2, 0.25) is 0 Å². The number of thiocarbonyl (C=S) groups is 1. The predicted octanol–water partition coefficient (Wildman–Crippen LogP) is 3.15. The van der Waals surface area contributed by atoms with Crippen LogP contribution in [0, 0.1) is 0 Å². The monoisotopic (exact) mass is 327 g/mol. The van der Waals surface area contributed by atoms with Crippen molar-refractivity contribution in [3.8, 4) is 0 Å². The van der Waals surface area contributed by atoms with Crippen LogP contribution in [0.1, 0.15) is 10.4 Å². The zero-order valence-electron chi connectivity index (χ0n) is 8.81. The van der Waals surface area contributed by atoms with Crippen molar-refractivity contribution in [2.45, 2.75) is 6.54 Å². The van der Waals surface area contributed by atoms with Gasteiger partial charge in [-0.25, -0.2) is 4.98 Å². The van der Waals surface area contributed by atoms with E-state index in [1.807, 2.05) is 23.6 Å². The molecule has 0 amide bonds. The average molecular weight is 328 g/mol. The summed E-state index contributed by atoms with van der Waals surface area (Å²) in [5.41, 5.74) is 6.28. The van der Waals surface area contributed by atoms with Gasteiger partial charge in [-0.3, -0.25) is 0 Å². The minimum absolute atomic E-state index is 0.366. The van der Waals surface area contributed by atoms with Gasteiger partial charge in [-0.15, -0.1) is 11.3 Å². The fourth-order valence-corrected chi connectivity index (χ4v) is 2.82. The number of thiophene rings is 1. The summed E-state index contributed by atoms with van der Waals surface area (Å²) in [7, 11) is 0. The maximum atomic E-state index is 5.50. The van der Waals surface area contributed by atoms with Crippen LogP contribution in [0.4, 0.5) is 5.82 Å². The van der Waals surface area contributed by atoms with Crippen molar-refractivity contribution in [3.05, 3.63) is 44.7 Å². The highest BCUT2D eigenvalue weighted by Gasteiger charge is 2.02. The summed E-state index contributed by atoms with van der Waals surface area (Å²) in [5.74, 6) is 0.810. The maximum absolute atomic E-state index is 5.50. The normalized spacial score (nSPS) is 10.2. The largest absolute Gasteiger partial charge is 0.389 e. The summed E-state index contributed by atoms with van der Waals surface area (Å²) in [6.07, 6.45) is 1.67. The summed E-state index contributed by atoms with van der Waals surface area (Å²) in [6.45, 7) is 0.748. The molecule has 0 aliphatic carbocycles. The van der Waals surface area contributed by atoms with Crippen molar-refractivity contribution in [3.63, 3.8) is 0 Å². The van der Waals surface area contributed by atoms with Crippen LogP contribution in [-0.4, -0.2) is 9.97 Å². The molecule has 17 heavy (non-hydrogen) atoms.